The van der Waals surface area contributed by atoms with Gasteiger partial charge in [0.15, 0.2) is 11.5 Å². The van der Waals surface area contributed by atoms with Gasteiger partial charge in [-0.3, -0.25) is 4.79 Å². The van der Waals surface area contributed by atoms with Gasteiger partial charge in [-0.2, -0.15) is 0 Å². The number of phenols is 1. The molecule has 1 aromatic heterocycles. The molecule has 0 fully saturated rings. The minimum Gasteiger partial charge on any atom is -0.508 e. The van der Waals surface area contributed by atoms with Gasteiger partial charge in [0, 0.05) is 11.5 Å². The standard InChI is InChI=1S/C21H21NO6/c1-13-15-8-7-14(23)11-19(15)28-21(25)16(13)12-20(24)22-9-10-27-18-6-4-3-5-17(18)26-2/h3-8,11,23H,9-10,12H2,1-2H3,(H,22,24). The molecule has 0 aliphatic rings. The van der Waals surface area contributed by atoms with E-state index in [9.17, 15) is 14.7 Å². The maximum atomic E-state index is 12.2. The Balaban J connectivity index is 1.61. The van der Waals surface area contributed by atoms with Crippen molar-refractivity contribution in [3.8, 4) is 17.2 Å². The zero-order valence-corrected chi connectivity index (χ0v) is 15.7. The van der Waals surface area contributed by atoms with E-state index in [1.807, 2.05) is 12.1 Å². The van der Waals surface area contributed by atoms with Crippen LogP contribution < -0.4 is 20.4 Å². The Morgan fingerprint density at radius 1 is 1.18 bits per heavy atom. The Hall–Kier alpha value is -3.48. The van der Waals surface area contributed by atoms with Crippen LogP contribution >= 0.6 is 0 Å². The predicted molar refractivity (Wildman–Crippen MR) is 104 cm³/mol. The van der Waals surface area contributed by atoms with Crippen LogP contribution in [0.5, 0.6) is 17.2 Å². The zero-order valence-electron chi connectivity index (χ0n) is 15.7. The number of hydrogen-bond acceptors (Lipinski definition) is 6. The summed E-state index contributed by atoms with van der Waals surface area (Å²) in [5.41, 5.74) is 0.654. The summed E-state index contributed by atoms with van der Waals surface area (Å²) in [7, 11) is 1.56. The number of carbonyl (C=O) groups excluding carboxylic acids is 1. The lowest BCUT2D eigenvalue weighted by Crippen LogP contribution is -2.31. The first-order valence-electron chi connectivity index (χ1n) is 8.77. The molecule has 1 amide bonds. The first kappa shape index (κ1) is 19.3. The average Bonchev–Trinajstić information content (AvgIpc) is 2.68. The van der Waals surface area contributed by atoms with Crippen molar-refractivity contribution in [3.63, 3.8) is 0 Å². The van der Waals surface area contributed by atoms with Gasteiger partial charge >= 0.3 is 5.63 Å². The summed E-state index contributed by atoms with van der Waals surface area (Å²) in [5, 5.41) is 12.9. The first-order chi connectivity index (χ1) is 13.5. The quantitative estimate of drug-likeness (QED) is 0.481. The number of methoxy groups -OCH3 is 1. The SMILES string of the molecule is COc1ccccc1OCCNC(=O)Cc1c(C)c2ccc(O)cc2oc1=O. The van der Waals surface area contributed by atoms with E-state index in [0.29, 0.717) is 28.0 Å². The molecule has 0 saturated heterocycles. The van der Waals surface area contributed by atoms with Gasteiger partial charge in [-0.05, 0) is 36.8 Å². The molecule has 0 saturated carbocycles. The molecule has 0 bridgehead atoms. The van der Waals surface area contributed by atoms with Crippen LogP contribution in [0, 0.1) is 6.92 Å². The van der Waals surface area contributed by atoms with Crippen molar-refractivity contribution < 1.29 is 23.8 Å². The number of carbonyl (C=O) groups is 1. The molecular weight excluding hydrogens is 362 g/mol. The highest BCUT2D eigenvalue weighted by atomic mass is 16.5. The van der Waals surface area contributed by atoms with Gasteiger partial charge in [-0.25, -0.2) is 4.79 Å². The Bertz CT molecular complexity index is 1060. The van der Waals surface area contributed by atoms with Crippen molar-refractivity contribution in [2.24, 2.45) is 0 Å². The lowest BCUT2D eigenvalue weighted by molar-refractivity contribution is -0.120. The van der Waals surface area contributed by atoms with E-state index in [1.54, 1.807) is 32.2 Å². The van der Waals surface area contributed by atoms with Crippen molar-refractivity contribution >= 4 is 16.9 Å². The number of nitrogens with one attached hydrogen (secondary N) is 1. The van der Waals surface area contributed by atoms with E-state index < -0.39 is 5.63 Å². The van der Waals surface area contributed by atoms with E-state index in [0.717, 1.165) is 0 Å². The maximum absolute atomic E-state index is 12.2. The third-order valence-corrected chi connectivity index (χ3v) is 4.36. The molecule has 0 unspecified atom stereocenters. The zero-order chi connectivity index (χ0) is 20.1. The van der Waals surface area contributed by atoms with E-state index >= 15 is 0 Å². The molecular formula is C21H21NO6. The van der Waals surface area contributed by atoms with Crippen LogP contribution in [0.4, 0.5) is 0 Å². The highest BCUT2D eigenvalue weighted by Crippen LogP contribution is 2.25. The minimum absolute atomic E-state index is 0.00981. The number of benzene rings is 2. The van der Waals surface area contributed by atoms with E-state index in [-0.39, 0.29) is 36.8 Å². The number of para-hydroxylation sites is 2. The smallest absolute Gasteiger partial charge is 0.340 e. The van der Waals surface area contributed by atoms with Crippen LogP contribution in [-0.4, -0.2) is 31.3 Å². The Morgan fingerprint density at radius 3 is 2.68 bits per heavy atom. The molecule has 3 aromatic rings. The maximum Gasteiger partial charge on any atom is 0.340 e. The van der Waals surface area contributed by atoms with Crippen LogP contribution in [0.2, 0.25) is 0 Å². The number of fused-ring (bicyclic) bond motifs is 1. The first-order valence-corrected chi connectivity index (χ1v) is 8.77. The fraction of sp³-hybridized carbons (Fsp3) is 0.238. The Morgan fingerprint density at radius 2 is 1.93 bits per heavy atom. The number of amides is 1. The highest BCUT2D eigenvalue weighted by Gasteiger charge is 2.15. The molecule has 0 aliphatic carbocycles. The summed E-state index contributed by atoms with van der Waals surface area (Å²) in [6.07, 6.45) is -0.0976. The molecule has 0 spiro atoms. The van der Waals surface area contributed by atoms with Gasteiger partial charge < -0.3 is 24.3 Å². The second kappa shape index (κ2) is 8.47. The molecule has 7 nitrogen and oxygen atoms in total. The summed E-state index contributed by atoms with van der Waals surface area (Å²) < 4.78 is 16.0. The summed E-state index contributed by atoms with van der Waals surface area (Å²) in [5.74, 6) is 0.908. The Kier molecular flexibility index (Phi) is 5.84. The monoisotopic (exact) mass is 383 g/mol. The number of aryl methyl sites for hydroxylation is 1. The molecule has 2 N–H and O–H groups in total. The van der Waals surface area contributed by atoms with Crippen LogP contribution in [-0.2, 0) is 11.2 Å². The van der Waals surface area contributed by atoms with Crippen LogP contribution in [0.25, 0.3) is 11.0 Å². The lowest BCUT2D eigenvalue weighted by atomic mass is 10.0. The van der Waals surface area contributed by atoms with Gasteiger partial charge in [0.05, 0.1) is 25.6 Å². The van der Waals surface area contributed by atoms with Crippen LogP contribution in [0.3, 0.4) is 0 Å². The van der Waals surface area contributed by atoms with E-state index in [2.05, 4.69) is 5.32 Å². The average molecular weight is 383 g/mol. The van der Waals surface area contributed by atoms with Gasteiger partial charge in [-0.15, -0.1) is 0 Å². The van der Waals surface area contributed by atoms with Crippen molar-refractivity contribution in [1.82, 2.24) is 5.32 Å². The van der Waals surface area contributed by atoms with Gasteiger partial charge in [0.25, 0.3) is 0 Å². The second-order valence-electron chi connectivity index (χ2n) is 6.20. The van der Waals surface area contributed by atoms with Crippen molar-refractivity contribution in [2.45, 2.75) is 13.3 Å². The third kappa shape index (κ3) is 4.25. The fourth-order valence-corrected chi connectivity index (χ4v) is 2.90. The van der Waals surface area contributed by atoms with Crippen LogP contribution in [0.1, 0.15) is 11.1 Å². The topological polar surface area (TPSA) is 98.0 Å². The summed E-state index contributed by atoms with van der Waals surface area (Å²) in [6.45, 7) is 2.29. The normalized spacial score (nSPS) is 10.6. The molecule has 0 aliphatic heterocycles. The third-order valence-electron chi connectivity index (χ3n) is 4.36. The molecule has 7 heteroatoms. The van der Waals surface area contributed by atoms with Crippen molar-refractivity contribution in [3.05, 3.63) is 64.0 Å². The summed E-state index contributed by atoms with van der Waals surface area (Å²) in [4.78, 5) is 24.4. The largest absolute Gasteiger partial charge is 0.508 e. The number of aromatic hydroxyl groups is 1. The highest BCUT2D eigenvalue weighted by molar-refractivity contribution is 5.85. The van der Waals surface area contributed by atoms with E-state index in [1.165, 1.54) is 12.1 Å². The van der Waals surface area contributed by atoms with E-state index in [4.69, 9.17) is 13.9 Å². The summed E-state index contributed by atoms with van der Waals surface area (Å²) in [6, 6.07) is 11.8. The van der Waals surface area contributed by atoms with Gasteiger partial charge in [-0.1, -0.05) is 12.1 Å². The summed E-state index contributed by atoms with van der Waals surface area (Å²) >= 11 is 0. The van der Waals surface area contributed by atoms with Gasteiger partial charge in [0.1, 0.15) is 17.9 Å². The Labute approximate surface area is 161 Å². The molecule has 0 atom stereocenters. The number of hydrogen-bond donors (Lipinski definition) is 2. The van der Waals surface area contributed by atoms with Crippen molar-refractivity contribution in [2.75, 3.05) is 20.3 Å². The molecule has 3 rings (SSSR count). The second-order valence-corrected chi connectivity index (χ2v) is 6.20. The molecule has 2 aromatic carbocycles. The number of phenolic OH excluding ortho intramolecular Hbond substituents is 1. The molecule has 1 heterocycles. The minimum atomic E-state index is -0.587. The lowest BCUT2D eigenvalue weighted by Gasteiger charge is -2.11. The molecule has 146 valence electrons. The van der Waals surface area contributed by atoms with Gasteiger partial charge in [0.2, 0.25) is 5.91 Å². The van der Waals surface area contributed by atoms with Crippen molar-refractivity contribution in [1.29, 1.82) is 0 Å². The predicted octanol–water partition coefficient (Wildman–Crippen LogP) is 2.55. The number of ether oxygens (including phenoxy) is 2. The fourth-order valence-electron chi connectivity index (χ4n) is 2.90. The van der Waals surface area contributed by atoms with Crippen LogP contribution in [0.15, 0.2) is 51.7 Å². The molecule has 0 radical (unpaired) electrons. The number of rotatable bonds is 7. The molecule has 28 heavy (non-hydrogen) atoms.